The van der Waals surface area contributed by atoms with Crippen LogP contribution in [0.2, 0.25) is 0 Å². The van der Waals surface area contributed by atoms with Gasteiger partial charge in [0.15, 0.2) is 0 Å². The van der Waals surface area contributed by atoms with Crippen molar-refractivity contribution in [1.29, 1.82) is 0 Å². The van der Waals surface area contributed by atoms with Crippen LogP contribution in [0.1, 0.15) is 96.8 Å². The average Bonchev–Trinajstić information content (AvgIpc) is 3.15. The lowest BCUT2D eigenvalue weighted by atomic mass is 10.1. The molecule has 166 valence electrons. The van der Waals surface area contributed by atoms with E-state index in [0.29, 0.717) is 13.0 Å². The van der Waals surface area contributed by atoms with Crippen molar-refractivity contribution in [3.8, 4) is 0 Å². The zero-order valence-electron chi connectivity index (χ0n) is 18.0. The number of rotatable bonds is 15. The molecule has 1 rings (SSSR count). The summed E-state index contributed by atoms with van der Waals surface area (Å²) in [6, 6.07) is -0.723. The minimum Gasteiger partial charge on any atom is -0.313 e. The third-order valence-corrected chi connectivity index (χ3v) is 5.04. The second-order valence-electron chi connectivity index (χ2n) is 7.66. The highest BCUT2D eigenvalue weighted by atomic mass is 17.2. The Labute approximate surface area is 175 Å². The predicted octanol–water partition coefficient (Wildman–Crippen LogP) is 5.65. The highest BCUT2D eigenvalue weighted by Gasteiger charge is 2.32. The summed E-state index contributed by atoms with van der Waals surface area (Å²) < 4.78 is 0. The molecule has 0 amide bonds. The number of allylic oxidation sites excluding steroid dienone is 4. The first-order valence-electron chi connectivity index (χ1n) is 11.3. The van der Waals surface area contributed by atoms with Crippen molar-refractivity contribution in [2.24, 2.45) is 0 Å². The molecule has 0 aliphatic carbocycles. The summed E-state index contributed by atoms with van der Waals surface area (Å²) >= 11 is 0. The summed E-state index contributed by atoms with van der Waals surface area (Å²) in [4.78, 5) is 32.3. The van der Waals surface area contributed by atoms with Crippen molar-refractivity contribution in [1.82, 2.24) is 5.06 Å². The quantitative estimate of drug-likeness (QED) is 0.163. The van der Waals surface area contributed by atoms with Gasteiger partial charge in [0.25, 0.3) is 0 Å². The fourth-order valence-electron chi connectivity index (χ4n) is 3.26. The number of nitrogens with zero attached hydrogens (tertiary/aromatic N) is 1. The Kier molecular flexibility index (Phi) is 15.1. The molecule has 1 atom stereocenters. The average molecular weight is 410 g/mol. The summed E-state index contributed by atoms with van der Waals surface area (Å²) in [5, 5.41) is 10.4. The Bertz CT molecular complexity index is 503. The Hall–Kier alpha value is -1.66. The van der Waals surface area contributed by atoms with E-state index in [1.165, 1.54) is 25.7 Å². The first-order valence-corrected chi connectivity index (χ1v) is 11.3. The molecule has 1 saturated heterocycles. The van der Waals surface area contributed by atoms with Crippen molar-refractivity contribution < 1.29 is 24.6 Å². The Morgan fingerprint density at radius 2 is 1.59 bits per heavy atom. The number of unbranched alkanes of at least 4 members (excludes halogenated alkanes) is 8. The fourth-order valence-corrected chi connectivity index (χ4v) is 3.26. The molecule has 0 radical (unpaired) electrons. The van der Waals surface area contributed by atoms with Gasteiger partial charge in [-0.15, -0.1) is 0 Å². The van der Waals surface area contributed by atoms with E-state index >= 15 is 0 Å². The molecule has 1 heterocycles. The van der Waals surface area contributed by atoms with E-state index in [0.717, 1.165) is 56.4 Å². The highest BCUT2D eigenvalue weighted by molar-refractivity contribution is 5.77. The zero-order chi connectivity index (χ0) is 21.2. The molecule has 6 nitrogen and oxygen atoms in total. The lowest BCUT2D eigenvalue weighted by Crippen LogP contribution is -2.35. The molecule has 6 heteroatoms. The van der Waals surface area contributed by atoms with Gasteiger partial charge in [-0.25, -0.2) is 19.4 Å². The van der Waals surface area contributed by atoms with Crippen LogP contribution in [-0.4, -0.2) is 34.8 Å². The Morgan fingerprint density at radius 1 is 0.931 bits per heavy atom. The first-order chi connectivity index (χ1) is 14.1. The molecular weight excluding hydrogens is 370 g/mol. The molecule has 1 unspecified atom stereocenters. The molecule has 0 bridgehead atoms. The summed E-state index contributed by atoms with van der Waals surface area (Å²) in [7, 11) is 0. The molecule has 29 heavy (non-hydrogen) atoms. The van der Waals surface area contributed by atoms with Crippen LogP contribution < -0.4 is 0 Å². The maximum absolute atomic E-state index is 11.7. The molecule has 1 aliphatic rings. The fraction of sp³-hybridized carbons (Fsp3) is 0.739. The van der Waals surface area contributed by atoms with Gasteiger partial charge in [0.2, 0.25) is 0 Å². The van der Waals surface area contributed by atoms with Crippen LogP contribution >= 0.6 is 0 Å². The lowest BCUT2D eigenvalue weighted by molar-refractivity contribution is -0.267. The predicted molar refractivity (Wildman–Crippen MR) is 113 cm³/mol. The van der Waals surface area contributed by atoms with Gasteiger partial charge in [0, 0.05) is 6.54 Å². The van der Waals surface area contributed by atoms with E-state index in [4.69, 9.17) is 0 Å². The molecule has 0 aromatic carbocycles. The van der Waals surface area contributed by atoms with Gasteiger partial charge in [0.1, 0.15) is 6.04 Å². The highest BCUT2D eigenvalue weighted by Crippen LogP contribution is 2.16. The van der Waals surface area contributed by atoms with Crippen molar-refractivity contribution in [2.45, 2.75) is 103 Å². The molecule has 1 aliphatic heterocycles. The third-order valence-electron chi connectivity index (χ3n) is 5.04. The van der Waals surface area contributed by atoms with Crippen LogP contribution in [0.4, 0.5) is 0 Å². The van der Waals surface area contributed by atoms with Gasteiger partial charge in [-0.05, 0) is 51.4 Å². The van der Waals surface area contributed by atoms with E-state index < -0.39 is 18.0 Å². The monoisotopic (exact) mass is 409 g/mol. The van der Waals surface area contributed by atoms with Crippen LogP contribution in [0, 0.1) is 0 Å². The second kappa shape index (κ2) is 17.2. The Morgan fingerprint density at radius 3 is 2.24 bits per heavy atom. The van der Waals surface area contributed by atoms with Crippen LogP contribution in [0.25, 0.3) is 0 Å². The zero-order valence-corrected chi connectivity index (χ0v) is 18.0. The Balaban J connectivity index is 1.88. The van der Waals surface area contributed by atoms with Crippen LogP contribution in [0.3, 0.4) is 0 Å². The van der Waals surface area contributed by atoms with Crippen molar-refractivity contribution in [3.63, 3.8) is 0 Å². The maximum atomic E-state index is 11.7. The van der Waals surface area contributed by atoms with E-state index in [1.54, 1.807) is 0 Å². The molecule has 1 N–H and O–H groups in total. The minimum absolute atomic E-state index is 0.241. The largest absolute Gasteiger partial charge is 0.374 e. The molecule has 0 saturated carbocycles. The van der Waals surface area contributed by atoms with Gasteiger partial charge >= 0.3 is 11.9 Å². The second-order valence-corrected chi connectivity index (χ2v) is 7.66. The van der Waals surface area contributed by atoms with Crippen molar-refractivity contribution >= 4 is 11.9 Å². The topological polar surface area (TPSA) is 76.1 Å². The van der Waals surface area contributed by atoms with Crippen molar-refractivity contribution in [3.05, 3.63) is 24.3 Å². The summed E-state index contributed by atoms with van der Waals surface area (Å²) in [5.41, 5.74) is 0. The van der Waals surface area contributed by atoms with Gasteiger partial charge < -0.3 is 5.21 Å². The van der Waals surface area contributed by atoms with Gasteiger partial charge in [-0.2, -0.15) is 5.06 Å². The molecule has 0 aromatic heterocycles. The minimum atomic E-state index is -0.723. The summed E-state index contributed by atoms with van der Waals surface area (Å²) in [6.45, 7) is 2.66. The number of hydrogen-bond acceptors (Lipinski definition) is 6. The third kappa shape index (κ3) is 13.2. The number of carbonyl (C=O) groups is 2. The van der Waals surface area contributed by atoms with Crippen LogP contribution in [0.15, 0.2) is 24.3 Å². The normalized spacial score (nSPS) is 17.4. The number of hydroxylamine groups is 2. The van der Waals surface area contributed by atoms with Crippen molar-refractivity contribution in [2.75, 3.05) is 6.54 Å². The van der Waals surface area contributed by atoms with Gasteiger partial charge in [-0.3, -0.25) is 0 Å². The number of hydrogen-bond donors (Lipinski definition) is 1. The van der Waals surface area contributed by atoms with Crippen LogP contribution in [0.5, 0.6) is 0 Å². The van der Waals surface area contributed by atoms with E-state index in [-0.39, 0.29) is 6.42 Å². The summed E-state index contributed by atoms with van der Waals surface area (Å²) in [5.74, 6) is -1.25. The van der Waals surface area contributed by atoms with E-state index in [9.17, 15) is 14.8 Å². The van der Waals surface area contributed by atoms with E-state index in [1.807, 2.05) is 0 Å². The summed E-state index contributed by atoms with van der Waals surface area (Å²) in [6.07, 6.45) is 22.8. The molecule has 1 fully saturated rings. The number of carbonyl (C=O) groups excluding carboxylic acids is 2. The van der Waals surface area contributed by atoms with Crippen LogP contribution in [-0.2, 0) is 19.4 Å². The van der Waals surface area contributed by atoms with E-state index in [2.05, 4.69) is 41.0 Å². The molecule has 0 aromatic rings. The lowest BCUT2D eigenvalue weighted by Gasteiger charge is -2.14. The maximum Gasteiger partial charge on any atom is 0.374 e. The van der Waals surface area contributed by atoms with Gasteiger partial charge in [0.05, 0.1) is 6.42 Å². The van der Waals surface area contributed by atoms with Gasteiger partial charge in [-0.1, -0.05) is 63.3 Å². The molecular formula is C23H39NO5. The standard InChI is InChI=1S/C23H39NO5/c1-2-3-4-5-6-7-8-9-10-11-12-13-14-15-16-19-22(25)28-29-23(26)21-18-17-20-24(21)27/h6-7,9-10,21,27H,2-5,8,11-20H2,1H3/b7-6-,10-9-. The first kappa shape index (κ1) is 25.4. The molecule has 0 spiro atoms. The SMILES string of the molecule is CCCCC/C=C\C/C=C\CCCCCCCC(=O)OOC(=O)C1CCCN1O. The smallest absolute Gasteiger partial charge is 0.313 e.